The van der Waals surface area contributed by atoms with E-state index in [0.717, 1.165) is 12.8 Å². The summed E-state index contributed by atoms with van der Waals surface area (Å²) in [5.41, 5.74) is 0. The summed E-state index contributed by atoms with van der Waals surface area (Å²) in [6.45, 7) is 0. The summed E-state index contributed by atoms with van der Waals surface area (Å²) in [6.07, 6.45) is 5.38. The van der Waals surface area contributed by atoms with Crippen LogP contribution in [0.25, 0.3) is 0 Å². The van der Waals surface area contributed by atoms with Gasteiger partial charge in [0.15, 0.2) is 5.78 Å². The second-order valence-corrected chi connectivity index (χ2v) is 2.93. The number of carbonyl (C=O) groups is 2. The number of hydrogen-bond donors (Lipinski definition) is 0. The van der Waals surface area contributed by atoms with Gasteiger partial charge in [0.25, 0.3) is 0 Å². The number of nitrogens with zero attached hydrogens (tertiary/aromatic N) is 1. The van der Waals surface area contributed by atoms with Crippen LogP contribution in [0.2, 0.25) is 0 Å². The Balaban J connectivity index is 2.25. The zero-order valence-corrected chi connectivity index (χ0v) is 6.12. The van der Waals surface area contributed by atoms with Crippen molar-refractivity contribution in [2.24, 2.45) is 0 Å². The Labute approximate surface area is 64.7 Å². The summed E-state index contributed by atoms with van der Waals surface area (Å²) in [5, 5.41) is 0. The zero-order valence-electron chi connectivity index (χ0n) is 6.12. The number of hydrogen-bond acceptors (Lipinski definition) is 2. The predicted octanol–water partition coefficient (Wildman–Crippen LogP) is 0.464. The highest BCUT2D eigenvalue weighted by Gasteiger charge is 2.34. The molecular formula is C8H9NO2. The van der Waals surface area contributed by atoms with Crippen LogP contribution in [0.4, 0.5) is 0 Å². The van der Waals surface area contributed by atoms with E-state index in [0.29, 0.717) is 6.42 Å². The van der Waals surface area contributed by atoms with Crippen molar-refractivity contribution in [3.8, 4) is 0 Å². The third kappa shape index (κ3) is 0.878. The Morgan fingerprint density at radius 2 is 2.27 bits per heavy atom. The number of carbonyl (C=O) groups excluding carboxylic acids is 2. The number of amides is 1. The molecule has 2 aliphatic rings. The lowest BCUT2D eigenvalue weighted by Gasteiger charge is -2.26. The summed E-state index contributed by atoms with van der Waals surface area (Å²) in [7, 11) is 0. The third-order valence-electron chi connectivity index (χ3n) is 2.22. The van der Waals surface area contributed by atoms with Gasteiger partial charge in [0.2, 0.25) is 5.91 Å². The topological polar surface area (TPSA) is 37.4 Å². The lowest BCUT2D eigenvalue weighted by molar-refractivity contribution is -0.136. The Morgan fingerprint density at radius 3 is 3.00 bits per heavy atom. The minimum Gasteiger partial charge on any atom is -0.308 e. The van der Waals surface area contributed by atoms with Crippen LogP contribution in [0.5, 0.6) is 0 Å². The average Bonchev–Trinajstić information content (AvgIpc) is 2.35. The molecule has 1 fully saturated rings. The molecule has 2 rings (SSSR count). The maximum absolute atomic E-state index is 11.1. The maximum atomic E-state index is 11.1. The standard InChI is InChI=1S/C8H9NO2/c10-7-4-5-9-6(7)2-1-3-8(9)11/h4-6H,1-3H2. The fourth-order valence-corrected chi connectivity index (χ4v) is 1.62. The second-order valence-electron chi connectivity index (χ2n) is 2.93. The van der Waals surface area contributed by atoms with Crippen LogP contribution < -0.4 is 0 Å². The summed E-state index contributed by atoms with van der Waals surface area (Å²) in [6, 6.07) is -0.156. The first-order chi connectivity index (χ1) is 5.29. The van der Waals surface area contributed by atoms with Crippen molar-refractivity contribution in [3.63, 3.8) is 0 Å². The van der Waals surface area contributed by atoms with Crippen molar-refractivity contribution >= 4 is 11.7 Å². The van der Waals surface area contributed by atoms with E-state index in [2.05, 4.69) is 0 Å². The molecule has 11 heavy (non-hydrogen) atoms. The van der Waals surface area contributed by atoms with Crippen molar-refractivity contribution in [3.05, 3.63) is 12.3 Å². The number of rotatable bonds is 0. The molecule has 1 amide bonds. The van der Waals surface area contributed by atoms with Crippen LogP contribution in [0.3, 0.4) is 0 Å². The van der Waals surface area contributed by atoms with E-state index in [9.17, 15) is 9.59 Å². The first kappa shape index (κ1) is 6.58. The molecule has 2 aliphatic heterocycles. The normalized spacial score (nSPS) is 29.5. The molecule has 2 heterocycles. The molecule has 0 aliphatic carbocycles. The van der Waals surface area contributed by atoms with Gasteiger partial charge in [0.1, 0.15) is 0 Å². The molecule has 1 saturated heterocycles. The summed E-state index contributed by atoms with van der Waals surface area (Å²) < 4.78 is 0. The van der Waals surface area contributed by atoms with E-state index in [4.69, 9.17) is 0 Å². The van der Waals surface area contributed by atoms with Crippen LogP contribution >= 0.6 is 0 Å². The fourth-order valence-electron chi connectivity index (χ4n) is 1.62. The monoisotopic (exact) mass is 151 g/mol. The molecule has 1 unspecified atom stereocenters. The van der Waals surface area contributed by atoms with Crippen LogP contribution in [0.1, 0.15) is 19.3 Å². The smallest absolute Gasteiger partial charge is 0.227 e. The SMILES string of the molecule is O=C1C=CN2C(=O)CCCC12. The van der Waals surface area contributed by atoms with Gasteiger partial charge < -0.3 is 4.90 Å². The molecule has 0 aromatic carbocycles. The van der Waals surface area contributed by atoms with Gasteiger partial charge in [-0.3, -0.25) is 9.59 Å². The Morgan fingerprint density at radius 1 is 1.45 bits per heavy atom. The molecule has 0 spiro atoms. The highest BCUT2D eigenvalue weighted by atomic mass is 16.2. The molecule has 3 nitrogen and oxygen atoms in total. The first-order valence-electron chi connectivity index (χ1n) is 3.82. The van der Waals surface area contributed by atoms with E-state index in [1.54, 1.807) is 11.1 Å². The van der Waals surface area contributed by atoms with E-state index in [-0.39, 0.29) is 17.7 Å². The highest BCUT2D eigenvalue weighted by Crippen LogP contribution is 2.23. The lowest BCUT2D eigenvalue weighted by atomic mass is 10.0. The second kappa shape index (κ2) is 2.19. The van der Waals surface area contributed by atoms with Gasteiger partial charge in [-0.05, 0) is 18.9 Å². The van der Waals surface area contributed by atoms with Crippen molar-refractivity contribution in [1.82, 2.24) is 4.90 Å². The van der Waals surface area contributed by atoms with Gasteiger partial charge in [-0.15, -0.1) is 0 Å². The largest absolute Gasteiger partial charge is 0.308 e. The number of fused-ring (bicyclic) bond motifs is 1. The van der Waals surface area contributed by atoms with Crippen molar-refractivity contribution in [2.75, 3.05) is 0 Å². The van der Waals surface area contributed by atoms with Gasteiger partial charge in [-0.2, -0.15) is 0 Å². The maximum Gasteiger partial charge on any atom is 0.227 e. The quantitative estimate of drug-likeness (QED) is 0.504. The fraction of sp³-hybridized carbons (Fsp3) is 0.500. The van der Waals surface area contributed by atoms with Gasteiger partial charge in [0.05, 0.1) is 6.04 Å². The van der Waals surface area contributed by atoms with E-state index < -0.39 is 0 Å². The van der Waals surface area contributed by atoms with Gasteiger partial charge in [-0.1, -0.05) is 0 Å². The van der Waals surface area contributed by atoms with E-state index in [1.807, 2.05) is 0 Å². The molecule has 0 radical (unpaired) electrons. The van der Waals surface area contributed by atoms with Crippen LogP contribution in [-0.4, -0.2) is 22.6 Å². The van der Waals surface area contributed by atoms with Gasteiger partial charge in [-0.25, -0.2) is 0 Å². The Bertz CT molecular complexity index is 244. The minimum absolute atomic E-state index is 0.0815. The minimum atomic E-state index is -0.156. The van der Waals surface area contributed by atoms with Crippen molar-refractivity contribution in [1.29, 1.82) is 0 Å². The highest BCUT2D eigenvalue weighted by molar-refractivity contribution is 6.01. The Kier molecular flexibility index (Phi) is 1.31. The molecule has 0 bridgehead atoms. The Hall–Kier alpha value is -1.12. The molecule has 0 aromatic rings. The zero-order chi connectivity index (χ0) is 7.84. The van der Waals surface area contributed by atoms with Gasteiger partial charge in [0, 0.05) is 12.6 Å². The molecule has 0 saturated carbocycles. The van der Waals surface area contributed by atoms with E-state index >= 15 is 0 Å². The molecule has 0 N–H and O–H groups in total. The number of piperidine rings is 1. The van der Waals surface area contributed by atoms with Gasteiger partial charge >= 0.3 is 0 Å². The number of ketones is 1. The first-order valence-corrected chi connectivity index (χ1v) is 3.82. The average molecular weight is 151 g/mol. The van der Waals surface area contributed by atoms with Crippen molar-refractivity contribution < 1.29 is 9.59 Å². The van der Waals surface area contributed by atoms with E-state index in [1.165, 1.54) is 6.08 Å². The lowest BCUT2D eigenvalue weighted by Crippen LogP contribution is -2.40. The third-order valence-corrected chi connectivity index (χ3v) is 2.22. The molecule has 1 atom stereocenters. The molecule has 0 aromatic heterocycles. The summed E-state index contributed by atoms with van der Waals surface area (Å²) in [4.78, 5) is 23.8. The molecular weight excluding hydrogens is 142 g/mol. The van der Waals surface area contributed by atoms with Crippen molar-refractivity contribution in [2.45, 2.75) is 25.3 Å². The summed E-state index contributed by atoms with van der Waals surface area (Å²) >= 11 is 0. The predicted molar refractivity (Wildman–Crippen MR) is 38.6 cm³/mol. The molecule has 3 heteroatoms. The van der Waals surface area contributed by atoms with Crippen LogP contribution in [0, 0.1) is 0 Å². The molecule has 58 valence electrons. The summed E-state index contributed by atoms with van der Waals surface area (Å²) in [5.74, 6) is 0.168. The van der Waals surface area contributed by atoms with Crippen LogP contribution in [0.15, 0.2) is 12.3 Å². The van der Waals surface area contributed by atoms with Crippen LogP contribution in [-0.2, 0) is 9.59 Å².